The predicted octanol–water partition coefficient (Wildman–Crippen LogP) is 5.21. The molecule has 1 atom stereocenters. The Morgan fingerprint density at radius 1 is 0.839 bits per heavy atom. The number of rotatable bonds is 7. The SMILES string of the molecule is c1ccc(C(c2ccccc2)c2cc(COCC3COc4ccccc4O3)on2)cc1. The Balaban J connectivity index is 1.25. The number of para-hydroxylation sites is 2. The van der Waals surface area contributed by atoms with Gasteiger partial charge < -0.3 is 18.7 Å². The maximum Gasteiger partial charge on any atom is 0.162 e. The Hall–Kier alpha value is -3.57. The third-order valence-electron chi connectivity index (χ3n) is 5.25. The summed E-state index contributed by atoms with van der Waals surface area (Å²) in [6.07, 6.45) is -0.154. The van der Waals surface area contributed by atoms with Crippen molar-refractivity contribution in [3.8, 4) is 11.5 Å². The first-order valence-electron chi connectivity index (χ1n) is 10.4. The smallest absolute Gasteiger partial charge is 0.162 e. The molecule has 5 heteroatoms. The second kappa shape index (κ2) is 9.06. The van der Waals surface area contributed by atoms with E-state index in [1.165, 1.54) is 11.1 Å². The van der Waals surface area contributed by atoms with Gasteiger partial charge in [-0.25, -0.2) is 0 Å². The third-order valence-corrected chi connectivity index (χ3v) is 5.25. The van der Waals surface area contributed by atoms with E-state index in [-0.39, 0.29) is 12.0 Å². The summed E-state index contributed by atoms with van der Waals surface area (Å²) in [7, 11) is 0. The van der Waals surface area contributed by atoms with Gasteiger partial charge in [0, 0.05) is 6.07 Å². The van der Waals surface area contributed by atoms with Crippen molar-refractivity contribution in [3.63, 3.8) is 0 Å². The summed E-state index contributed by atoms with van der Waals surface area (Å²) < 4.78 is 23.1. The highest BCUT2D eigenvalue weighted by Gasteiger charge is 2.22. The summed E-state index contributed by atoms with van der Waals surface area (Å²) >= 11 is 0. The highest BCUT2D eigenvalue weighted by molar-refractivity contribution is 5.41. The van der Waals surface area contributed by atoms with E-state index in [2.05, 4.69) is 29.4 Å². The van der Waals surface area contributed by atoms with Gasteiger partial charge in [-0.1, -0.05) is 78.0 Å². The van der Waals surface area contributed by atoms with Gasteiger partial charge in [0.2, 0.25) is 0 Å². The van der Waals surface area contributed by atoms with Crippen LogP contribution >= 0.6 is 0 Å². The van der Waals surface area contributed by atoms with E-state index in [4.69, 9.17) is 18.7 Å². The van der Waals surface area contributed by atoms with Crippen LogP contribution in [-0.2, 0) is 11.3 Å². The average molecular weight is 413 g/mol. The van der Waals surface area contributed by atoms with Crippen molar-refractivity contribution >= 4 is 0 Å². The summed E-state index contributed by atoms with van der Waals surface area (Å²) in [5.74, 6) is 2.21. The molecule has 1 unspecified atom stereocenters. The standard InChI is InChI=1S/C26H23NO4/c1-3-9-19(10-4-1)26(20-11-5-2-6-12-20)23-15-21(31-27-23)16-28-17-22-18-29-24-13-7-8-14-25(24)30-22/h1-15,22,26H,16-18H2. The lowest BCUT2D eigenvalue weighted by molar-refractivity contribution is -0.00265. The normalized spacial score (nSPS) is 15.2. The van der Waals surface area contributed by atoms with Gasteiger partial charge in [0.25, 0.3) is 0 Å². The van der Waals surface area contributed by atoms with Gasteiger partial charge in [-0.05, 0) is 23.3 Å². The summed E-state index contributed by atoms with van der Waals surface area (Å²) in [6, 6.07) is 30.3. The molecule has 2 heterocycles. The fourth-order valence-electron chi connectivity index (χ4n) is 3.79. The summed E-state index contributed by atoms with van der Waals surface area (Å²) in [4.78, 5) is 0. The Kier molecular flexibility index (Phi) is 5.67. The molecule has 0 amide bonds. The average Bonchev–Trinajstić information content (AvgIpc) is 3.29. The van der Waals surface area contributed by atoms with Crippen LogP contribution in [0, 0.1) is 0 Å². The van der Waals surface area contributed by atoms with Crippen molar-refractivity contribution in [2.75, 3.05) is 13.2 Å². The molecule has 0 aliphatic carbocycles. The predicted molar refractivity (Wildman–Crippen MR) is 116 cm³/mol. The lowest BCUT2D eigenvalue weighted by Gasteiger charge is -2.26. The van der Waals surface area contributed by atoms with Crippen molar-refractivity contribution < 1.29 is 18.7 Å². The quantitative estimate of drug-likeness (QED) is 0.416. The first kappa shape index (κ1) is 19.4. The molecule has 0 N–H and O–H groups in total. The molecule has 156 valence electrons. The van der Waals surface area contributed by atoms with Crippen molar-refractivity contribution in [1.82, 2.24) is 5.16 Å². The largest absolute Gasteiger partial charge is 0.486 e. The second-order valence-corrected chi connectivity index (χ2v) is 7.49. The maximum absolute atomic E-state index is 5.93. The van der Waals surface area contributed by atoms with Crippen LogP contribution in [0.25, 0.3) is 0 Å². The molecule has 0 bridgehead atoms. The first-order chi connectivity index (χ1) is 15.4. The fraction of sp³-hybridized carbons (Fsp3) is 0.192. The van der Waals surface area contributed by atoms with Crippen LogP contribution in [0.4, 0.5) is 0 Å². The van der Waals surface area contributed by atoms with E-state index in [0.717, 1.165) is 17.2 Å². The van der Waals surface area contributed by atoms with Gasteiger partial charge in [-0.3, -0.25) is 0 Å². The Bertz CT molecular complexity index is 1070. The molecule has 1 aliphatic rings. The van der Waals surface area contributed by atoms with Crippen LogP contribution in [-0.4, -0.2) is 24.5 Å². The number of ether oxygens (including phenoxy) is 3. The molecule has 5 rings (SSSR count). The number of benzene rings is 3. The zero-order valence-electron chi connectivity index (χ0n) is 17.0. The molecule has 31 heavy (non-hydrogen) atoms. The minimum atomic E-state index is -0.154. The highest BCUT2D eigenvalue weighted by Crippen LogP contribution is 2.32. The van der Waals surface area contributed by atoms with E-state index < -0.39 is 0 Å². The molecule has 1 aromatic heterocycles. The van der Waals surface area contributed by atoms with Gasteiger partial charge in [-0.2, -0.15) is 0 Å². The van der Waals surface area contributed by atoms with Crippen LogP contribution < -0.4 is 9.47 Å². The highest BCUT2D eigenvalue weighted by atomic mass is 16.6. The lowest BCUT2D eigenvalue weighted by Crippen LogP contribution is -2.33. The molecule has 0 spiro atoms. The molecule has 0 fully saturated rings. The monoisotopic (exact) mass is 413 g/mol. The van der Waals surface area contributed by atoms with E-state index >= 15 is 0 Å². The van der Waals surface area contributed by atoms with Crippen molar-refractivity contribution in [3.05, 3.63) is 114 Å². The summed E-state index contributed by atoms with van der Waals surface area (Å²) in [5, 5.41) is 4.35. The summed E-state index contributed by atoms with van der Waals surface area (Å²) in [5.41, 5.74) is 3.20. The van der Waals surface area contributed by atoms with Crippen LogP contribution in [0.5, 0.6) is 11.5 Å². The van der Waals surface area contributed by atoms with E-state index in [0.29, 0.717) is 25.6 Å². The number of fused-ring (bicyclic) bond motifs is 1. The minimum absolute atomic E-state index is 0.00600. The molecule has 3 aromatic carbocycles. The molecular weight excluding hydrogens is 390 g/mol. The molecule has 5 nitrogen and oxygen atoms in total. The molecule has 1 aliphatic heterocycles. The van der Waals surface area contributed by atoms with Gasteiger partial charge in [-0.15, -0.1) is 0 Å². The second-order valence-electron chi connectivity index (χ2n) is 7.49. The number of hydrogen-bond donors (Lipinski definition) is 0. The molecule has 0 saturated carbocycles. The van der Waals surface area contributed by atoms with Crippen LogP contribution in [0.2, 0.25) is 0 Å². The van der Waals surface area contributed by atoms with Crippen LogP contribution in [0.15, 0.2) is 95.5 Å². The number of aromatic nitrogens is 1. The van der Waals surface area contributed by atoms with Crippen molar-refractivity contribution in [2.24, 2.45) is 0 Å². The number of hydrogen-bond acceptors (Lipinski definition) is 5. The Morgan fingerprint density at radius 3 is 2.19 bits per heavy atom. The zero-order chi connectivity index (χ0) is 20.9. The first-order valence-corrected chi connectivity index (χ1v) is 10.4. The van der Waals surface area contributed by atoms with Gasteiger partial charge >= 0.3 is 0 Å². The van der Waals surface area contributed by atoms with E-state index in [9.17, 15) is 0 Å². The molecule has 0 saturated heterocycles. The molecule has 0 radical (unpaired) electrons. The number of nitrogens with zero attached hydrogens (tertiary/aromatic N) is 1. The van der Waals surface area contributed by atoms with Gasteiger partial charge in [0.05, 0.1) is 18.2 Å². The third kappa shape index (κ3) is 4.47. The fourth-order valence-corrected chi connectivity index (χ4v) is 3.79. The lowest BCUT2D eigenvalue weighted by atomic mass is 9.88. The minimum Gasteiger partial charge on any atom is -0.486 e. The van der Waals surface area contributed by atoms with Gasteiger partial charge in [0.15, 0.2) is 23.4 Å². The van der Waals surface area contributed by atoms with Crippen molar-refractivity contribution in [1.29, 1.82) is 0 Å². The van der Waals surface area contributed by atoms with Crippen LogP contribution in [0.1, 0.15) is 28.5 Å². The molecular formula is C26H23NO4. The van der Waals surface area contributed by atoms with Gasteiger partial charge in [0.1, 0.15) is 13.2 Å². The topological polar surface area (TPSA) is 53.7 Å². The Labute approximate surface area is 181 Å². The Morgan fingerprint density at radius 2 is 1.48 bits per heavy atom. The van der Waals surface area contributed by atoms with Crippen molar-refractivity contribution in [2.45, 2.75) is 18.6 Å². The zero-order valence-corrected chi connectivity index (χ0v) is 17.0. The van der Waals surface area contributed by atoms with E-state index in [1.54, 1.807) is 0 Å². The van der Waals surface area contributed by atoms with E-state index in [1.807, 2.05) is 66.7 Å². The molecule has 4 aromatic rings. The summed E-state index contributed by atoms with van der Waals surface area (Å²) in [6.45, 7) is 1.19. The van der Waals surface area contributed by atoms with Crippen LogP contribution in [0.3, 0.4) is 0 Å². The maximum atomic E-state index is 5.93.